The number of benzene rings is 1. The lowest BCUT2D eigenvalue weighted by Gasteiger charge is -2.17. The standard InChI is InChI=1S/C11H16ClN3O3/c1-6-8(12)3-4-10(15(17)18)11(6)14-5-9(13)7(2)16/h3-4,7,9,14,16H,5,13H2,1-2H3. The van der Waals surface area contributed by atoms with E-state index in [0.717, 1.165) is 0 Å². The number of hydrogen-bond acceptors (Lipinski definition) is 5. The van der Waals surface area contributed by atoms with Crippen molar-refractivity contribution in [1.82, 2.24) is 0 Å². The van der Waals surface area contributed by atoms with E-state index >= 15 is 0 Å². The molecule has 0 fully saturated rings. The van der Waals surface area contributed by atoms with Crippen molar-refractivity contribution in [2.24, 2.45) is 5.73 Å². The van der Waals surface area contributed by atoms with Crippen LogP contribution in [-0.2, 0) is 0 Å². The lowest BCUT2D eigenvalue weighted by molar-refractivity contribution is -0.384. The highest BCUT2D eigenvalue weighted by Gasteiger charge is 2.19. The Morgan fingerprint density at radius 3 is 2.72 bits per heavy atom. The van der Waals surface area contributed by atoms with Gasteiger partial charge in [-0.1, -0.05) is 11.6 Å². The molecule has 1 rings (SSSR count). The molecule has 18 heavy (non-hydrogen) atoms. The van der Waals surface area contributed by atoms with E-state index in [0.29, 0.717) is 16.3 Å². The summed E-state index contributed by atoms with van der Waals surface area (Å²) < 4.78 is 0. The van der Waals surface area contributed by atoms with Gasteiger partial charge in [-0.05, 0) is 25.5 Å². The minimum Gasteiger partial charge on any atom is -0.392 e. The highest BCUT2D eigenvalue weighted by Crippen LogP contribution is 2.32. The van der Waals surface area contributed by atoms with Crippen LogP contribution in [0.4, 0.5) is 11.4 Å². The summed E-state index contributed by atoms with van der Waals surface area (Å²) in [6.45, 7) is 3.47. The van der Waals surface area contributed by atoms with E-state index in [1.165, 1.54) is 12.1 Å². The van der Waals surface area contributed by atoms with Crippen LogP contribution in [0.25, 0.3) is 0 Å². The number of nitro groups is 1. The molecule has 1 aromatic carbocycles. The summed E-state index contributed by atoms with van der Waals surface area (Å²) in [5, 5.41) is 23.5. The summed E-state index contributed by atoms with van der Waals surface area (Å²) >= 11 is 5.93. The first kappa shape index (κ1) is 14.7. The molecule has 0 spiro atoms. The van der Waals surface area contributed by atoms with Gasteiger partial charge in [-0.2, -0.15) is 0 Å². The highest BCUT2D eigenvalue weighted by atomic mass is 35.5. The number of nitrogens with zero attached hydrogens (tertiary/aromatic N) is 1. The fraction of sp³-hybridized carbons (Fsp3) is 0.455. The van der Waals surface area contributed by atoms with Crippen molar-refractivity contribution in [3.8, 4) is 0 Å². The molecule has 100 valence electrons. The molecule has 0 saturated carbocycles. The van der Waals surface area contributed by atoms with Gasteiger partial charge in [-0.15, -0.1) is 0 Å². The summed E-state index contributed by atoms with van der Waals surface area (Å²) in [6, 6.07) is 2.31. The summed E-state index contributed by atoms with van der Waals surface area (Å²) in [7, 11) is 0. The molecular formula is C11H16ClN3O3. The third-order valence-electron chi connectivity index (χ3n) is 2.71. The summed E-state index contributed by atoms with van der Waals surface area (Å²) in [5.41, 5.74) is 6.53. The molecule has 4 N–H and O–H groups in total. The topological polar surface area (TPSA) is 101 Å². The Morgan fingerprint density at radius 1 is 1.61 bits per heavy atom. The first-order valence-corrected chi connectivity index (χ1v) is 5.83. The van der Waals surface area contributed by atoms with Crippen LogP contribution in [0.15, 0.2) is 12.1 Å². The zero-order valence-electron chi connectivity index (χ0n) is 10.2. The van der Waals surface area contributed by atoms with Crippen LogP contribution >= 0.6 is 11.6 Å². The Balaban J connectivity index is 2.99. The second kappa shape index (κ2) is 5.99. The number of hydrogen-bond donors (Lipinski definition) is 3. The predicted molar refractivity (Wildman–Crippen MR) is 71.0 cm³/mol. The number of nitrogens with two attached hydrogens (primary N) is 1. The predicted octanol–water partition coefficient (Wildman–Crippen LogP) is 1.68. The SMILES string of the molecule is Cc1c(Cl)ccc([N+](=O)[O-])c1NCC(N)C(C)O. The summed E-state index contributed by atoms with van der Waals surface area (Å²) in [5.74, 6) is 0. The van der Waals surface area contributed by atoms with Crippen LogP contribution in [0, 0.1) is 17.0 Å². The van der Waals surface area contributed by atoms with Crippen LogP contribution in [0.1, 0.15) is 12.5 Å². The molecule has 0 radical (unpaired) electrons. The lowest BCUT2D eigenvalue weighted by atomic mass is 10.1. The van der Waals surface area contributed by atoms with E-state index in [2.05, 4.69) is 5.32 Å². The second-order valence-corrected chi connectivity index (χ2v) is 4.52. The molecule has 0 bridgehead atoms. The Morgan fingerprint density at radius 2 is 2.22 bits per heavy atom. The molecule has 6 nitrogen and oxygen atoms in total. The van der Waals surface area contributed by atoms with E-state index in [4.69, 9.17) is 17.3 Å². The molecule has 0 aromatic heterocycles. The third kappa shape index (κ3) is 3.32. The zero-order valence-corrected chi connectivity index (χ0v) is 10.9. The van der Waals surface area contributed by atoms with E-state index in [-0.39, 0.29) is 12.2 Å². The molecule has 0 amide bonds. The van der Waals surface area contributed by atoms with Crippen molar-refractivity contribution in [2.75, 3.05) is 11.9 Å². The average Bonchev–Trinajstić information content (AvgIpc) is 2.29. The second-order valence-electron chi connectivity index (χ2n) is 4.11. The summed E-state index contributed by atoms with van der Waals surface area (Å²) in [6.07, 6.45) is -0.698. The van der Waals surface area contributed by atoms with Crippen LogP contribution in [0.2, 0.25) is 5.02 Å². The average molecular weight is 274 g/mol. The van der Waals surface area contributed by atoms with Gasteiger partial charge in [0.1, 0.15) is 5.69 Å². The first-order chi connectivity index (χ1) is 8.34. The summed E-state index contributed by atoms with van der Waals surface area (Å²) in [4.78, 5) is 10.4. The van der Waals surface area contributed by atoms with Gasteiger partial charge in [0.2, 0.25) is 0 Å². The maximum atomic E-state index is 10.9. The largest absolute Gasteiger partial charge is 0.392 e. The van der Waals surface area contributed by atoms with Crippen molar-refractivity contribution in [3.63, 3.8) is 0 Å². The Hall–Kier alpha value is -1.37. The van der Waals surface area contributed by atoms with Gasteiger partial charge in [0.15, 0.2) is 0 Å². The zero-order chi connectivity index (χ0) is 13.9. The van der Waals surface area contributed by atoms with Gasteiger partial charge < -0.3 is 16.2 Å². The highest BCUT2D eigenvalue weighted by molar-refractivity contribution is 6.31. The van der Waals surface area contributed by atoms with Crippen molar-refractivity contribution in [1.29, 1.82) is 0 Å². The molecule has 0 saturated heterocycles. The van der Waals surface area contributed by atoms with Gasteiger partial charge in [-0.3, -0.25) is 10.1 Å². The smallest absolute Gasteiger partial charge is 0.292 e. The molecule has 0 aliphatic rings. The van der Waals surface area contributed by atoms with Crippen molar-refractivity contribution < 1.29 is 10.0 Å². The van der Waals surface area contributed by atoms with Crippen molar-refractivity contribution >= 4 is 23.0 Å². The van der Waals surface area contributed by atoms with Crippen molar-refractivity contribution in [2.45, 2.75) is 26.0 Å². The molecule has 0 aliphatic heterocycles. The van der Waals surface area contributed by atoms with Crippen molar-refractivity contribution in [3.05, 3.63) is 32.8 Å². The van der Waals surface area contributed by atoms with E-state index < -0.39 is 17.1 Å². The van der Waals surface area contributed by atoms with Gasteiger partial charge in [0, 0.05) is 23.7 Å². The van der Waals surface area contributed by atoms with Crippen LogP contribution in [0.5, 0.6) is 0 Å². The van der Waals surface area contributed by atoms with Gasteiger partial charge in [0.25, 0.3) is 5.69 Å². The van der Waals surface area contributed by atoms with Crippen LogP contribution < -0.4 is 11.1 Å². The quantitative estimate of drug-likeness (QED) is 0.560. The Bertz CT molecular complexity index is 451. The molecule has 7 heteroatoms. The van der Waals surface area contributed by atoms with Gasteiger partial charge in [-0.25, -0.2) is 0 Å². The molecule has 0 heterocycles. The molecule has 2 unspecified atom stereocenters. The lowest BCUT2D eigenvalue weighted by Crippen LogP contribution is -2.38. The number of nitro benzene ring substituents is 1. The number of rotatable bonds is 5. The molecule has 0 aliphatic carbocycles. The first-order valence-electron chi connectivity index (χ1n) is 5.45. The third-order valence-corrected chi connectivity index (χ3v) is 3.12. The van der Waals surface area contributed by atoms with Crippen LogP contribution in [-0.4, -0.2) is 28.7 Å². The number of anilines is 1. The van der Waals surface area contributed by atoms with Crippen LogP contribution in [0.3, 0.4) is 0 Å². The Kier molecular flexibility index (Phi) is 4.89. The molecular weight excluding hydrogens is 258 g/mol. The molecule has 1 aromatic rings. The van der Waals surface area contributed by atoms with Gasteiger partial charge in [0.05, 0.1) is 11.0 Å². The maximum Gasteiger partial charge on any atom is 0.292 e. The fourth-order valence-electron chi connectivity index (χ4n) is 1.44. The monoisotopic (exact) mass is 273 g/mol. The normalized spacial score (nSPS) is 14.1. The fourth-order valence-corrected chi connectivity index (χ4v) is 1.60. The minimum absolute atomic E-state index is 0.0605. The van der Waals surface area contributed by atoms with E-state index in [1.54, 1.807) is 13.8 Å². The maximum absolute atomic E-state index is 10.9. The number of halogens is 1. The Labute approximate surface area is 110 Å². The number of aliphatic hydroxyl groups excluding tert-OH is 1. The van der Waals surface area contributed by atoms with E-state index in [9.17, 15) is 15.2 Å². The van der Waals surface area contributed by atoms with E-state index in [1.807, 2.05) is 0 Å². The van der Waals surface area contributed by atoms with Gasteiger partial charge >= 0.3 is 0 Å². The molecule has 2 atom stereocenters. The number of nitrogens with one attached hydrogen (secondary N) is 1. The number of aliphatic hydroxyl groups is 1. The minimum atomic E-state index is -0.698.